The van der Waals surface area contributed by atoms with Crippen LogP contribution in [0.4, 0.5) is 26.3 Å². The quantitative estimate of drug-likeness (QED) is 0.147. The lowest BCUT2D eigenvalue weighted by molar-refractivity contribution is -0.143. The molecule has 0 spiro atoms. The molecule has 0 amide bonds. The Morgan fingerprint density at radius 1 is 0.263 bits per heavy atom. The van der Waals surface area contributed by atoms with Crippen LogP contribution in [0.25, 0.3) is 111 Å². The molecular formula is C67H33F6N7. The molecule has 13 heteroatoms. The highest BCUT2D eigenvalue weighted by atomic mass is 19.4. The molecule has 378 valence electrons. The average molecular weight is 1050 g/mol. The number of aromatic nitrogens is 2. The third-order valence-electron chi connectivity index (χ3n) is 14.5. The van der Waals surface area contributed by atoms with Crippen LogP contribution in [0, 0.1) is 56.7 Å². The first-order chi connectivity index (χ1) is 38.6. The zero-order valence-electron chi connectivity index (χ0n) is 41.5. The van der Waals surface area contributed by atoms with Crippen LogP contribution in [0.3, 0.4) is 0 Å². The van der Waals surface area contributed by atoms with Gasteiger partial charge in [-0.1, -0.05) is 97.1 Å². The monoisotopic (exact) mass is 1050 g/mol. The van der Waals surface area contributed by atoms with E-state index in [0.29, 0.717) is 100 Å². The summed E-state index contributed by atoms with van der Waals surface area (Å²) in [5.74, 6) is 0. The summed E-state index contributed by atoms with van der Waals surface area (Å²) in [6.07, 6.45) is -10.4. The molecule has 80 heavy (non-hydrogen) atoms. The first-order valence-corrected chi connectivity index (χ1v) is 24.7. The Morgan fingerprint density at radius 3 is 0.750 bits per heavy atom. The Balaban J connectivity index is 1.25. The summed E-state index contributed by atoms with van der Waals surface area (Å²) in [6, 6.07) is 66.0. The van der Waals surface area contributed by atoms with Crippen LogP contribution in [0.15, 0.2) is 200 Å². The Hall–Kier alpha value is -11.2. The van der Waals surface area contributed by atoms with Crippen LogP contribution >= 0.6 is 0 Å². The van der Waals surface area contributed by atoms with Crippen LogP contribution < -0.4 is 0 Å². The van der Waals surface area contributed by atoms with Gasteiger partial charge < -0.3 is 9.13 Å². The predicted octanol–water partition coefficient (Wildman–Crippen LogP) is 17.6. The molecule has 7 nitrogen and oxygen atoms in total. The first kappa shape index (κ1) is 49.7. The lowest BCUT2D eigenvalue weighted by Crippen LogP contribution is -2.11. The lowest BCUT2D eigenvalue weighted by Gasteiger charge is -2.20. The number of fused-ring (bicyclic) bond motifs is 6. The second kappa shape index (κ2) is 19.1. The summed E-state index contributed by atoms with van der Waals surface area (Å²) in [5, 5.41) is 53.2. The SMILES string of the molecule is N#Cc1ccc(-c2ccc3c4ccc(-c5ccc(C#N)cc5)cc4n(-c4cc(-c5cc(C(F)(F)F)cc(C(F)(F)F)c5)cc(-n5c6cc(-c7ccc(C#N)cc7)ccc6c6ccc(-c7ccc(C#N)cc7)cc65)c4C#N)c3c2)cc1. The van der Waals surface area contributed by atoms with Gasteiger partial charge in [0.25, 0.3) is 0 Å². The lowest BCUT2D eigenvalue weighted by atomic mass is 9.96. The largest absolute Gasteiger partial charge is 0.416 e. The Labute approximate surface area is 452 Å². The number of halogens is 6. The minimum absolute atomic E-state index is 0.00877. The molecule has 2 heterocycles. The fourth-order valence-electron chi connectivity index (χ4n) is 10.6. The maximum absolute atomic E-state index is 14.9. The van der Waals surface area contributed by atoms with Crippen LogP contribution in [-0.4, -0.2) is 9.13 Å². The molecule has 12 aromatic rings. The molecule has 12 rings (SSSR count). The van der Waals surface area contributed by atoms with Crippen molar-refractivity contribution in [1.29, 1.82) is 26.3 Å². The van der Waals surface area contributed by atoms with Gasteiger partial charge in [-0.25, -0.2) is 0 Å². The summed E-state index contributed by atoms with van der Waals surface area (Å²) in [5.41, 5.74) is 6.34. The summed E-state index contributed by atoms with van der Waals surface area (Å²) in [6.45, 7) is 0. The highest BCUT2D eigenvalue weighted by Crippen LogP contribution is 2.45. The molecule has 0 aliphatic carbocycles. The number of rotatable bonds is 7. The molecule has 0 radical (unpaired) electrons. The first-order valence-electron chi connectivity index (χ1n) is 24.7. The fourth-order valence-corrected chi connectivity index (χ4v) is 10.6. The zero-order chi connectivity index (χ0) is 55.6. The van der Waals surface area contributed by atoms with E-state index in [1.807, 2.05) is 81.9 Å². The van der Waals surface area contributed by atoms with Gasteiger partial charge in [0.05, 0.1) is 91.1 Å². The van der Waals surface area contributed by atoms with E-state index < -0.39 is 29.0 Å². The average Bonchev–Trinajstić information content (AvgIpc) is 4.00. The van der Waals surface area contributed by atoms with E-state index in [-0.39, 0.29) is 28.6 Å². The van der Waals surface area contributed by atoms with Crippen LogP contribution in [0.5, 0.6) is 0 Å². The van der Waals surface area contributed by atoms with Crippen molar-refractivity contribution in [1.82, 2.24) is 9.13 Å². The van der Waals surface area contributed by atoms with Gasteiger partial charge >= 0.3 is 12.4 Å². The molecule has 0 N–H and O–H groups in total. The summed E-state index contributed by atoms with van der Waals surface area (Å²) in [4.78, 5) is 0. The summed E-state index contributed by atoms with van der Waals surface area (Å²) in [7, 11) is 0. The summed E-state index contributed by atoms with van der Waals surface area (Å²) < 4.78 is 92.9. The Kier molecular flexibility index (Phi) is 11.9. The van der Waals surface area contributed by atoms with E-state index >= 15 is 0 Å². The van der Waals surface area contributed by atoms with E-state index in [2.05, 4.69) is 30.3 Å². The molecular weight excluding hydrogens is 1020 g/mol. The molecule has 0 fully saturated rings. The minimum Gasteiger partial charge on any atom is -0.308 e. The van der Waals surface area contributed by atoms with Crippen LogP contribution in [0.2, 0.25) is 0 Å². The van der Waals surface area contributed by atoms with Gasteiger partial charge in [0.1, 0.15) is 11.6 Å². The van der Waals surface area contributed by atoms with Crippen LogP contribution in [0.1, 0.15) is 38.9 Å². The zero-order valence-corrected chi connectivity index (χ0v) is 41.5. The van der Waals surface area contributed by atoms with Gasteiger partial charge in [-0.3, -0.25) is 0 Å². The Morgan fingerprint density at radius 2 is 0.512 bits per heavy atom. The molecule has 2 aromatic heterocycles. The Bertz CT molecular complexity index is 4240. The van der Waals surface area contributed by atoms with Crippen molar-refractivity contribution in [2.45, 2.75) is 12.4 Å². The molecule has 0 aliphatic rings. The minimum atomic E-state index is -5.19. The van der Waals surface area contributed by atoms with Gasteiger partial charge in [0.2, 0.25) is 0 Å². The number of nitrogens with zero attached hydrogens (tertiary/aromatic N) is 7. The van der Waals surface area contributed by atoms with Crippen molar-refractivity contribution >= 4 is 43.6 Å². The van der Waals surface area contributed by atoms with Gasteiger partial charge in [-0.05, 0) is 159 Å². The van der Waals surface area contributed by atoms with E-state index in [4.69, 9.17) is 0 Å². The highest BCUT2D eigenvalue weighted by Gasteiger charge is 2.37. The van der Waals surface area contributed by atoms with Gasteiger partial charge in [0, 0.05) is 21.5 Å². The van der Waals surface area contributed by atoms with E-state index in [1.165, 1.54) is 12.1 Å². The van der Waals surface area contributed by atoms with E-state index in [1.54, 1.807) is 97.1 Å². The van der Waals surface area contributed by atoms with Gasteiger partial charge in [0.15, 0.2) is 0 Å². The van der Waals surface area contributed by atoms with Crippen LogP contribution in [-0.2, 0) is 12.4 Å². The van der Waals surface area contributed by atoms with Crippen molar-refractivity contribution < 1.29 is 26.3 Å². The number of alkyl halides is 6. The third kappa shape index (κ3) is 8.66. The van der Waals surface area contributed by atoms with Crippen molar-refractivity contribution in [3.8, 4) is 97.4 Å². The third-order valence-corrected chi connectivity index (χ3v) is 14.5. The topological polar surface area (TPSA) is 129 Å². The second-order valence-corrected chi connectivity index (χ2v) is 19.2. The van der Waals surface area contributed by atoms with E-state index in [0.717, 1.165) is 22.3 Å². The molecule has 0 saturated heterocycles. The molecule has 0 bridgehead atoms. The van der Waals surface area contributed by atoms with Crippen molar-refractivity contribution in [2.75, 3.05) is 0 Å². The number of nitriles is 5. The fraction of sp³-hybridized carbons (Fsp3) is 0.0299. The normalized spacial score (nSPS) is 11.6. The summed E-state index contributed by atoms with van der Waals surface area (Å²) >= 11 is 0. The van der Waals surface area contributed by atoms with Crippen molar-refractivity contribution in [2.24, 2.45) is 0 Å². The maximum atomic E-state index is 14.9. The van der Waals surface area contributed by atoms with Gasteiger partial charge in [-0.2, -0.15) is 52.7 Å². The van der Waals surface area contributed by atoms with Gasteiger partial charge in [-0.15, -0.1) is 0 Å². The number of hydrogen-bond acceptors (Lipinski definition) is 5. The molecule has 0 unspecified atom stereocenters. The predicted molar refractivity (Wildman–Crippen MR) is 296 cm³/mol. The maximum Gasteiger partial charge on any atom is 0.416 e. The molecule has 10 aromatic carbocycles. The number of benzene rings is 10. The molecule has 0 atom stereocenters. The second-order valence-electron chi connectivity index (χ2n) is 19.2. The smallest absolute Gasteiger partial charge is 0.308 e. The van der Waals surface area contributed by atoms with E-state index in [9.17, 15) is 52.7 Å². The highest BCUT2D eigenvalue weighted by molar-refractivity contribution is 6.13. The molecule has 0 aliphatic heterocycles. The van der Waals surface area contributed by atoms with Crippen molar-refractivity contribution in [3.63, 3.8) is 0 Å². The standard InChI is InChI=1S/C67H33F6N7/c68-66(69,70)53-25-51(26-54(33-53)67(71,72)73)52-31-64(79-60-27-47(43-9-1-39(34-74)2-10-43)17-21-55(60)56-22-18-48(28-61(56)79)44-11-3-40(35-75)4-12-44)59(38-78)65(32-52)80-62-29-49(45-13-5-41(36-76)6-14-45)19-23-57(62)58-24-20-50(30-63(58)80)46-15-7-42(37-77)8-16-46/h1-33H. The number of hydrogen-bond donors (Lipinski definition) is 0. The van der Waals surface area contributed by atoms with Crippen molar-refractivity contribution in [3.05, 3.63) is 239 Å². The molecule has 0 saturated carbocycles.